The Hall–Kier alpha value is -0.890. The zero-order valence-corrected chi connectivity index (χ0v) is 9.92. The molecule has 2 nitrogen and oxygen atoms in total. The Morgan fingerprint density at radius 3 is 2.73 bits per heavy atom. The molecule has 1 heterocycles. The fourth-order valence-electron chi connectivity index (χ4n) is 1.53. The van der Waals surface area contributed by atoms with E-state index in [4.69, 9.17) is 0 Å². The van der Waals surface area contributed by atoms with Gasteiger partial charge in [-0.3, -0.25) is 4.98 Å². The van der Waals surface area contributed by atoms with Crippen LogP contribution in [0.25, 0.3) is 0 Å². The molecule has 0 atom stereocenters. The first-order valence-corrected chi connectivity index (χ1v) is 5.95. The van der Waals surface area contributed by atoms with E-state index in [0.29, 0.717) is 0 Å². The van der Waals surface area contributed by atoms with Crippen LogP contribution in [0.1, 0.15) is 37.4 Å². The number of aryl methyl sites for hydroxylation is 2. The molecule has 0 saturated carbocycles. The van der Waals surface area contributed by atoms with Crippen LogP contribution in [0.15, 0.2) is 18.3 Å². The minimum absolute atomic E-state index is 1.10. The lowest BCUT2D eigenvalue weighted by atomic mass is 10.1. The van der Waals surface area contributed by atoms with Crippen molar-refractivity contribution in [1.29, 1.82) is 0 Å². The van der Waals surface area contributed by atoms with Crippen LogP contribution in [-0.4, -0.2) is 18.1 Å². The first-order chi connectivity index (χ1) is 7.33. The summed E-state index contributed by atoms with van der Waals surface area (Å²) in [5.74, 6) is 0. The third kappa shape index (κ3) is 5.53. The average molecular weight is 206 g/mol. The summed E-state index contributed by atoms with van der Waals surface area (Å²) in [4.78, 5) is 4.29. The number of pyridine rings is 1. The molecule has 0 fully saturated rings. The van der Waals surface area contributed by atoms with E-state index in [-0.39, 0.29) is 0 Å². The van der Waals surface area contributed by atoms with E-state index in [1.807, 2.05) is 13.1 Å². The van der Waals surface area contributed by atoms with Crippen LogP contribution in [0.5, 0.6) is 0 Å². The number of hydrogen-bond donors (Lipinski definition) is 1. The molecule has 0 spiro atoms. The summed E-state index contributed by atoms with van der Waals surface area (Å²) in [6, 6.07) is 4.27. The molecule has 0 aliphatic carbocycles. The van der Waals surface area contributed by atoms with Crippen LogP contribution < -0.4 is 5.32 Å². The van der Waals surface area contributed by atoms with Gasteiger partial charge in [0, 0.05) is 11.9 Å². The predicted octanol–water partition coefficient (Wildman–Crippen LogP) is 2.71. The van der Waals surface area contributed by atoms with Crippen LogP contribution in [0.3, 0.4) is 0 Å². The molecule has 0 saturated heterocycles. The Morgan fingerprint density at radius 2 is 2.07 bits per heavy atom. The van der Waals surface area contributed by atoms with E-state index in [1.54, 1.807) is 0 Å². The van der Waals surface area contributed by atoms with Gasteiger partial charge in [-0.15, -0.1) is 0 Å². The minimum Gasteiger partial charge on any atom is -0.317 e. The number of nitrogens with zero attached hydrogens (tertiary/aromatic N) is 1. The van der Waals surface area contributed by atoms with Gasteiger partial charge in [0.25, 0.3) is 0 Å². The second-order valence-electron chi connectivity index (χ2n) is 4.01. The lowest BCUT2D eigenvalue weighted by Crippen LogP contribution is -2.15. The molecule has 1 aromatic heterocycles. The van der Waals surface area contributed by atoms with E-state index in [9.17, 15) is 0 Å². The fraction of sp³-hybridized carbons (Fsp3) is 0.615. The van der Waals surface area contributed by atoms with Crippen molar-refractivity contribution in [3.8, 4) is 0 Å². The van der Waals surface area contributed by atoms with Crippen LogP contribution in [0, 0.1) is 6.92 Å². The summed E-state index contributed by atoms with van der Waals surface area (Å²) in [7, 11) is 0. The normalized spacial score (nSPS) is 10.5. The Bertz CT molecular complexity index is 254. The maximum atomic E-state index is 4.29. The molecule has 0 aromatic carbocycles. The highest BCUT2D eigenvalue weighted by atomic mass is 14.8. The van der Waals surface area contributed by atoms with Gasteiger partial charge in [0.05, 0.1) is 0 Å². The minimum atomic E-state index is 1.10. The molecule has 0 amide bonds. The van der Waals surface area contributed by atoms with Crippen LogP contribution in [0.4, 0.5) is 0 Å². The predicted molar refractivity (Wildman–Crippen MR) is 65.1 cm³/mol. The summed E-state index contributed by atoms with van der Waals surface area (Å²) < 4.78 is 0. The second kappa shape index (κ2) is 7.41. The molecule has 0 bridgehead atoms. The van der Waals surface area contributed by atoms with Crippen LogP contribution in [-0.2, 0) is 6.42 Å². The van der Waals surface area contributed by atoms with Gasteiger partial charge in [-0.1, -0.05) is 13.0 Å². The average Bonchev–Trinajstić information content (AvgIpc) is 2.26. The summed E-state index contributed by atoms with van der Waals surface area (Å²) in [6.07, 6.45) is 6.88. The summed E-state index contributed by atoms with van der Waals surface area (Å²) in [5, 5.41) is 3.41. The summed E-state index contributed by atoms with van der Waals surface area (Å²) in [5.41, 5.74) is 2.46. The molecular weight excluding hydrogens is 184 g/mol. The second-order valence-corrected chi connectivity index (χ2v) is 4.01. The van der Waals surface area contributed by atoms with Crippen molar-refractivity contribution in [3.05, 3.63) is 29.6 Å². The molecule has 0 radical (unpaired) electrons. The zero-order valence-electron chi connectivity index (χ0n) is 9.92. The van der Waals surface area contributed by atoms with Gasteiger partial charge < -0.3 is 5.32 Å². The summed E-state index contributed by atoms with van der Waals surface area (Å²) >= 11 is 0. The number of rotatable bonds is 7. The molecule has 2 heteroatoms. The van der Waals surface area contributed by atoms with E-state index in [2.05, 4.69) is 29.4 Å². The molecule has 0 unspecified atom stereocenters. The quantitative estimate of drug-likeness (QED) is 0.694. The number of unbranched alkanes of at least 4 members (excludes halogenated alkanes) is 1. The SMILES string of the molecule is CCCNCCCCc1ccc(C)nc1. The monoisotopic (exact) mass is 206 g/mol. The Kier molecular flexibility index (Phi) is 6.02. The number of nitrogens with one attached hydrogen (secondary N) is 1. The first-order valence-electron chi connectivity index (χ1n) is 5.95. The molecule has 84 valence electrons. The standard InChI is InChI=1S/C13H22N2/c1-3-9-14-10-5-4-6-13-8-7-12(2)15-11-13/h7-8,11,14H,3-6,9-10H2,1-2H3. The number of aromatic nitrogens is 1. The van der Waals surface area contributed by atoms with Gasteiger partial charge in [-0.25, -0.2) is 0 Å². The van der Waals surface area contributed by atoms with Crippen LogP contribution >= 0.6 is 0 Å². The van der Waals surface area contributed by atoms with Gasteiger partial charge in [0.1, 0.15) is 0 Å². The molecule has 0 aliphatic rings. The highest BCUT2D eigenvalue weighted by molar-refractivity contribution is 5.12. The lowest BCUT2D eigenvalue weighted by molar-refractivity contribution is 0.616. The van der Waals surface area contributed by atoms with Crippen molar-refractivity contribution >= 4 is 0 Å². The number of hydrogen-bond acceptors (Lipinski definition) is 2. The zero-order chi connectivity index (χ0) is 10.9. The first kappa shape index (κ1) is 12.2. The maximum absolute atomic E-state index is 4.29. The van der Waals surface area contributed by atoms with Gasteiger partial charge >= 0.3 is 0 Å². The van der Waals surface area contributed by atoms with E-state index < -0.39 is 0 Å². The molecule has 1 aromatic rings. The van der Waals surface area contributed by atoms with Crippen molar-refractivity contribution in [3.63, 3.8) is 0 Å². The molecule has 15 heavy (non-hydrogen) atoms. The Morgan fingerprint density at radius 1 is 1.20 bits per heavy atom. The third-order valence-corrected chi connectivity index (χ3v) is 2.47. The third-order valence-electron chi connectivity index (χ3n) is 2.47. The van der Waals surface area contributed by atoms with E-state index in [0.717, 1.165) is 25.2 Å². The Labute approximate surface area is 93.1 Å². The van der Waals surface area contributed by atoms with Crippen molar-refractivity contribution in [2.45, 2.75) is 39.5 Å². The van der Waals surface area contributed by atoms with E-state index in [1.165, 1.54) is 24.8 Å². The fourth-order valence-corrected chi connectivity index (χ4v) is 1.53. The van der Waals surface area contributed by atoms with Gasteiger partial charge in [-0.2, -0.15) is 0 Å². The van der Waals surface area contributed by atoms with Crippen molar-refractivity contribution in [2.24, 2.45) is 0 Å². The molecular formula is C13H22N2. The molecule has 0 aliphatic heterocycles. The maximum Gasteiger partial charge on any atom is 0.0372 e. The van der Waals surface area contributed by atoms with Gasteiger partial charge in [-0.05, 0) is 57.3 Å². The summed E-state index contributed by atoms with van der Waals surface area (Å²) in [6.45, 7) is 6.52. The van der Waals surface area contributed by atoms with Crippen molar-refractivity contribution in [2.75, 3.05) is 13.1 Å². The topological polar surface area (TPSA) is 24.9 Å². The highest BCUT2D eigenvalue weighted by Gasteiger charge is 1.93. The smallest absolute Gasteiger partial charge is 0.0372 e. The Balaban J connectivity index is 2.07. The largest absolute Gasteiger partial charge is 0.317 e. The van der Waals surface area contributed by atoms with Gasteiger partial charge in [0.15, 0.2) is 0 Å². The molecule has 1 rings (SSSR count). The lowest BCUT2D eigenvalue weighted by Gasteiger charge is -2.03. The van der Waals surface area contributed by atoms with Gasteiger partial charge in [0.2, 0.25) is 0 Å². The highest BCUT2D eigenvalue weighted by Crippen LogP contribution is 2.04. The molecule has 1 N–H and O–H groups in total. The van der Waals surface area contributed by atoms with Crippen LogP contribution in [0.2, 0.25) is 0 Å². The van der Waals surface area contributed by atoms with E-state index >= 15 is 0 Å². The van der Waals surface area contributed by atoms with Crippen molar-refractivity contribution < 1.29 is 0 Å². The van der Waals surface area contributed by atoms with Crippen molar-refractivity contribution in [1.82, 2.24) is 10.3 Å².